The minimum Gasteiger partial charge on any atom is -0.455 e. The van der Waals surface area contributed by atoms with Crippen molar-refractivity contribution in [3.63, 3.8) is 0 Å². The van der Waals surface area contributed by atoms with E-state index in [9.17, 15) is 9.60 Å². The molecule has 226 valence electrons. The predicted molar refractivity (Wildman–Crippen MR) is 202 cm³/mol. The molecule has 0 spiro atoms. The van der Waals surface area contributed by atoms with E-state index < -0.39 is 107 Å². The van der Waals surface area contributed by atoms with Gasteiger partial charge in [0.1, 0.15) is 11.2 Å². The van der Waals surface area contributed by atoms with Gasteiger partial charge in [-0.3, -0.25) is 0 Å². The van der Waals surface area contributed by atoms with Crippen LogP contribution in [0.15, 0.2) is 192 Å². The number of hydrogen-bond donors (Lipinski definition) is 0. The van der Waals surface area contributed by atoms with Gasteiger partial charge in [-0.1, -0.05) is 145 Å². The summed E-state index contributed by atoms with van der Waals surface area (Å²) < 4.78 is 140. The average molecular weight is 629 g/mol. The molecule has 0 unspecified atom stereocenters. The van der Waals surface area contributed by atoms with Gasteiger partial charge in [-0.05, 0) is 81.0 Å². The molecule has 0 radical (unpaired) electrons. The lowest BCUT2D eigenvalue weighted by atomic mass is 9.95. The van der Waals surface area contributed by atoms with Crippen LogP contribution in [0.25, 0.3) is 66.1 Å². The van der Waals surface area contributed by atoms with Crippen molar-refractivity contribution >= 4 is 49.8 Å². The maximum Gasteiger partial charge on any atom is 0.143 e. The van der Waals surface area contributed by atoms with Crippen molar-refractivity contribution in [3.05, 3.63) is 188 Å². The molecule has 2 nitrogen and oxygen atoms in total. The highest BCUT2D eigenvalue weighted by atomic mass is 16.3. The van der Waals surface area contributed by atoms with Crippen LogP contribution < -0.4 is 4.90 Å². The van der Waals surface area contributed by atoms with E-state index >= 15 is 0 Å². The molecule has 2 heteroatoms. The third-order valence-electron chi connectivity index (χ3n) is 8.13. The minimum absolute atomic E-state index is 0.161. The fraction of sp³-hybridized carbons (Fsp3) is 0. The molecule has 0 fully saturated rings. The van der Waals surface area contributed by atoms with E-state index in [1.54, 1.807) is 18.2 Å². The fourth-order valence-electron chi connectivity index (χ4n) is 6.00. The monoisotopic (exact) mass is 628 g/mol. The molecule has 0 bridgehead atoms. The lowest BCUT2D eigenvalue weighted by molar-refractivity contribution is 0.670. The van der Waals surface area contributed by atoms with Crippen LogP contribution in [-0.2, 0) is 0 Å². The van der Waals surface area contributed by atoms with Crippen LogP contribution in [0.4, 0.5) is 17.1 Å². The Hall–Kier alpha value is -6.38. The number of benzene rings is 8. The largest absolute Gasteiger partial charge is 0.455 e. The molecule has 0 N–H and O–H groups in total. The molecule has 9 aromatic rings. The summed E-state index contributed by atoms with van der Waals surface area (Å²) in [5.74, 6) is 0. The zero-order valence-electron chi connectivity index (χ0n) is 40.1. The first kappa shape index (κ1) is 16.4. The predicted octanol–water partition coefficient (Wildman–Crippen LogP) is 13.2. The summed E-state index contributed by atoms with van der Waals surface area (Å²) >= 11 is 0. The number of fused-ring (bicyclic) bond motifs is 5. The third kappa shape index (κ3) is 4.83. The Morgan fingerprint density at radius 2 is 1.17 bits per heavy atom. The van der Waals surface area contributed by atoms with Crippen molar-refractivity contribution < 1.29 is 25.0 Å². The van der Waals surface area contributed by atoms with Gasteiger partial charge < -0.3 is 9.32 Å². The van der Waals surface area contributed by atoms with Gasteiger partial charge in [0.05, 0.1) is 31.6 Å². The molecule has 48 heavy (non-hydrogen) atoms. The summed E-state index contributed by atoms with van der Waals surface area (Å²) in [4.78, 5) is 1.24. The molecule has 0 saturated heterocycles. The Morgan fingerprint density at radius 3 is 2.02 bits per heavy atom. The summed E-state index contributed by atoms with van der Waals surface area (Å²) in [7, 11) is 0. The molecule has 0 atom stereocenters. The van der Waals surface area contributed by atoms with E-state index in [-0.39, 0.29) is 22.5 Å². The smallest absolute Gasteiger partial charge is 0.143 e. The summed E-state index contributed by atoms with van der Waals surface area (Å²) in [6.07, 6.45) is 0. The first-order chi connectivity index (χ1) is 30.0. The van der Waals surface area contributed by atoms with Crippen molar-refractivity contribution in [1.82, 2.24) is 0 Å². The van der Waals surface area contributed by atoms with Crippen molar-refractivity contribution in [2.45, 2.75) is 0 Å². The normalized spacial score (nSPS) is 15.7. The topological polar surface area (TPSA) is 16.4 Å². The van der Waals surface area contributed by atoms with Gasteiger partial charge in [0.15, 0.2) is 0 Å². The zero-order chi connectivity index (χ0) is 44.9. The molecule has 0 aliphatic carbocycles. The Kier molecular flexibility index (Phi) is 4.03. The van der Waals surface area contributed by atoms with E-state index in [1.807, 2.05) is 60.7 Å². The van der Waals surface area contributed by atoms with Crippen LogP contribution in [-0.4, -0.2) is 0 Å². The standard InChI is InChI=1S/C46H31NO/c1-4-13-32(14-5-1)34-23-27-38(28-24-34)47(39-29-25-35(26-30-39)33-15-6-2-7-16-33)42-21-12-22-43-45(42)44-40-20-11-10-19-37(40)31-41(46(44)48-43)36-17-8-3-9-18-36/h1-31H/i1D,4D,6D,7D,13D,14D,15D,16D,23D,24D,25D,26D,27D,29D,30D. The average Bonchev–Trinajstić information content (AvgIpc) is 3.67. The van der Waals surface area contributed by atoms with Crippen LogP contribution in [0.3, 0.4) is 0 Å². The molecule has 9 rings (SSSR count). The van der Waals surface area contributed by atoms with E-state index in [2.05, 4.69) is 0 Å². The van der Waals surface area contributed by atoms with Crippen LogP contribution in [0.1, 0.15) is 20.6 Å². The SMILES string of the molecule is [2H]c1cc([2H])c(-c2c([2H])cc(N(c3c([2H])c([2H])c(-c4c([2H])c([2H])cc([2H])c4[2H])c([2H])c3[2H])c3cccc4oc5c(-c6ccccc6)cc6ccccc6c5c34)c([2H])c2[2H])c([2H])c1[2H]. The molecule has 8 aromatic carbocycles. The van der Waals surface area contributed by atoms with Crippen molar-refractivity contribution in [3.8, 4) is 33.4 Å². The second-order valence-electron chi connectivity index (χ2n) is 10.9. The Bertz CT molecular complexity index is 3370. The maximum atomic E-state index is 9.55. The van der Waals surface area contributed by atoms with Gasteiger partial charge in [-0.2, -0.15) is 0 Å². The summed E-state index contributed by atoms with van der Waals surface area (Å²) in [5.41, 5.74) is 0.267. The quantitative estimate of drug-likeness (QED) is 0.182. The Morgan fingerprint density at radius 1 is 0.458 bits per heavy atom. The van der Waals surface area contributed by atoms with Gasteiger partial charge in [-0.25, -0.2) is 0 Å². The highest BCUT2D eigenvalue weighted by molar-refractivity contribution is 6.26. The fourth-order valence-corrected chi connectivity index (χ4v) is 6.00. The van der Waals surface area contributed by atoms with Gasteiger partial charge >= 0.3 is 0 Å². The first-order valence-corrected chi connectivity index (χ1v) is 15.1. The number of anilines is 3. The minimum atomic E-state index is -0.722. The molecule has 1 aromatic heterocycles. The lowest BCUT2D eigenvalue weighted by Crippen LogP contribution is -2.10. The summed E-state index contributed by atoms with van der Waals surface area (Å²) in [6.45, 7) is 0. The molecule has 0 amide bonds. The third-order valence-corrected chi connectivity index (χ3v) is 8.13. The second kappa shape index (κ2) is 11.8. The second-order valence-corrected chi connectivity index (χ2v) is 10.9. The first-order valence-electron chi connectivity index (χ1n) is 22.6. The molecule has 0 saturated carbocycles. The molecule has 1 heterocycles. The molecular weight excluding hydrogens is 583 g/mol. The maximum absolute atomic E-state index is 9.55. The van der Waals surface area contributed by atoms with E-state index in [0.29, 0.717) is 21.9 Å². The van der Waals surface area contributed by atoms with Crippen LogP contribution in [0, 0.1) is 0 Å². The highest BCUT2D eigenvalue weighted by Crippen LogP contribution is 2.47. The van der Waals surface area contributed by atoms with Gasteiger partial charge in [0.2, 0.25) is 0 Å². The zero-order valence-corrected chi connectivity index (χ0v) is 25.1. The van der Waals surface area contributed by atoms with E-state index in [4.69, 9.17) is 15.4 Å². The summed E-state index contributed by atoms with van der Waals surface area (Å²) in [5, 5.41) is 2.60. The van der Waals surface area contributed by atoms with Crippen LogP contribution in [0.5, 0.6) is 0 Å². The van der Waals surface area contributed by atoms with E-state index in [1.165, 1.54) is 4.90 Å². The van der Waals surface area contributed by atoms with Crippen LogP contribution >= 0.6 is 0 Å². The number of hydrogen-bond acceptors (Lipinski definition) is 2. The van der Waals surface area contributed by atoms with Gasteiger partial charge in [0, 0.05) is 22.3 Å². The van der Waals surface area contributed by atoms with Crippen molar-refractivity contribution in [2.24, 2.45) is 0 Å². The van der Waals surface area contributed by atoms with Crippen LogP contribution in [0.2, 0.25) is 0 Å². The highest BCUT2D eigenvalue weighted by Gasteiger charge is 2.23. The summed E-state index contributed by atoms with van der Waals surface area (Å²) in [6, 6.07) is 18.7. The van der Waals surface area contributed by atoms with Gasteiger partial charge in [0.25, 0.3) is 0 Å². The van der Waals surface area contributed by atoms with Gasteiger partial charge in [-0.15, -0.1) is 0 Å². The van der Waals surface area contributed by atoms with E-state index in [0.717, 1.165) is 40.1 Å². The Balaban J connectivity index is 1.44. The molecule has 0 aliphatic heterocycles. The van der Waals surface area contributed by atoms with Crippen molar-refractivity contribution in [1.29, 1.82) is 0 Å². The number of rotatable bonds is 6. The lowest BCUT2D eigenvalue weighted by Gasteiger charge is -2.27. The number of furan rings is 1. The molecule has 0 aliphatic rings. The Labute approximate surface area is 300 Å². The molecular formula is C46H31NO. The van der Waals surface area contributed by atoms with Crippen molar-refractivity contribution in [2.75, 3.05) is 4.90 Å². The number of nitrogens with zero attached hydrogens (tertiary/aromatic N) is 1.